The third kappa shape index (κ3) is 2.79. The minimum Gasteiger partial charge on any atom is -0.493 e. The zero-order chi connectivity index (χ0) is 13.7. The SMILES string of the molecule is COC(=O)c1cc(OC)c(OC)c(C(=O)CBr)n1. The highest BCUT2D eigenvalue weighted by atomic mass is 79.9. The van der Waals surface area contributed by atoms with E-state index in [1.54, 1.807) is 0 Å². The molecule has 6 nitrogen and oxygen atoms in total. The molecule has 1 aromatic rings. The summed E-state index contributed by atoms with van der Waals surface area (Å²) >= 11 is 3.04. The molecule has 0 unspecified atom stereocenters. The van der Waals surface area contributed by atoms with Crippen molar-refractivity contribution in [2.24, 2.45) is 0 Å². The van der Waals surface area contributed by atoms with E-state index in [-0.39, 0.29) is 34.0 Å². The maximum absolute atomic E-state index is 11.7. The molecule has 18 heavy (non-hydrogen) atoms. The van der Waals surface area contributed by atoms with Crippen molar-refractivity contribution in [3.63, 3.8) is 0 Å². The van der Waals surface area contributed by atoms with Gasteiger partial charge in [0.1, 0.15) is 0 Å². The second kappa shape index (κ2) is 6.34. The van der Waals surface area contributed by atoms with Gasteiger partial charge in [0, 0.05) is 6.07 Å². The van der Waals surface area contributed by atoms with Crippen LogP contribution in [0.2, 0.25) is 0 Å². The van der Waals surface area contributed by atoms with E-state index in [4.69, 9.17) is 9.47 Å². The molecule has 0 bridgehead atoms. The van der Waals surface area contributed by atoms with E-state index >= 15 is 0 Å². The minimum absolute atomic E-state index is 0.0144. The molecule has 0 N–H and O–H groups in total. The van der Waals surface area contributed by atoms with Gasteiger partial charge in [-0.15, -0.1) is 0 Å². The van der Waals surface area contributed by atoms with Crippen molar-refractivity contribution in [2.75, 3.05) is 26.7 Å². The topological polar surface area (TPSA) is 74.7 Å². The van der Waals surface area contributed by atoms with Gasteiger partial charge >= 0.3 is 5.97 Å². The number of ether oxygens (including phenoxy) is 3. The Morgan fingerprint density at radius 2 is 1.94 bits per heavy atom. The fourth-order valence-electron chi connectivity index (χ4n) is 1.32. The van der Waals surface area contributed by atoms with Gasteiger partial charge in [0.05, 0.1) is 26.7 Å². The predicted octanol–water partition coefficient (Wildman–Crippen LogP) is 1.46. The normalized spacial score (nSPS) is 9.78. The van der Waals surface area contributed by atoms with Gasteiger partial charge in [-0.1, -0.05) is 15.9 Å². The highest BCUT2D eigenvalue weighted by molar-refractivity contribution is 9.09. The third-order valence-electron chi connectivity index (χ3n) is 2.14. The number of esters is 1. The van der Waals surface area contributed by atoms with Gasteiger partial charge in [-0.2, -0.15) is 0 Å². The summed E-state index contributed by atoms with van der Waals surface area (Å²) in [5.41, 5.74) is 0.00794. The lowest BCUT2D eigenvalue weighted by molar-refractivity contribution is 0.0593. The summed E-state index contributed by atoms with van der Waals surface area (Å²) in [6.07, 6.45) is 0. The summed E-state index contributed by atoms with van der Waals surface area (Å²) < 4.78 is 14.7. The Labute approximate surface area is 112 Å². The van der Waals surface area contributed by atoms with Crippen molar-refractivity contribution in [2.45, 2.75) is 0 Å². The Morgan fingerprint density at radius 1 is 1.28 bits per heavy atom. The number of Topliss-reactive ketones (excluding diaryl/α,β-unsaturated/α-hetero) is 1. The van der Waals surface area contributed by atoms with Crippen molar-refractivity contribution in [3.05, 3.63) is 17.5 Å². The summed E-state index contributed by atoms with van der Waals surface area (Å²) in [5.74, 6) is -0.540. The second-order valence-electron chi connectivity index (χ2n) is 3.14. The van der Waals surface area contributed by atoms with Crippen LogP contribution in [0, 0.1) is 0 Å². The largest absolute Gasteiger partial charge is 0.493 e. The van der Waals surface area contributed by atoms with Crippen LogP contribution >= 0.6 is 15.9 Å². The van der Waals surface area contributed by atoms with E-state index in [1.807, 2.05) is 0 Å². The fourth-order valence-corrected chi connectivity index (χ4v) is 1.59. The van der Waals surface area contributed by atoms with Crippen LogP contribution in [0.1, 0.15) is 21.0 Å². The number of carbonyl (C=O) groups is 2. The first kappa shape index (κ1) is 14.4. The van der Waals surface area contributed by atoms with Crippen LogP contribution in [-0.4, -0.2) is 43.4 Å². The standard InChI is InChI=1S/C11H12BrNO5/c1-16-8-4-6(11(15)18-3)13-9(7(14)5-12)10(8)17-2/h4H,5H2,1-3H3. The van der Waals surface area contributed by atoms with Crippen molar-refractivity contribution in [1.82, 2.24) is 4.98 Å². The number of nitrogens with zero attached hydrogens (tertiary/aromatic N) is 1. The average Bonchev–Trinajstić information content (AvgIpc) is 2.43. The van der Waals surface area contributed by atoms with Crippen molar-refractivity contribution in [1.29, 1.82) is 0 Å². The lowest BCUT2D eigenvalue weighted by atomic mass is 10.2. The van der Waals surface area contributed by atoms with Gasteiger partial charge in [-0.05, 0) is 0 Å². The molecule has 0 aromatic carbocycles. The zero-order valence-electron chi connectivity index (χ0n) is 10.2. The zero-order valence-corrected chi connectivity index (χ0v) is 11.7. The Balaban J connectivity index is 3.45. The number of aromatic nitrogens is 1. The average molecular weight is 318 g/mol. The molecule has 0 aliphatic carbocycles. The molecular weight excluding hydrogens is 306 g/mol. The van der Waals surface area contributed by atoms with Gasteiger partial charge in [0.15, 0.2) is 28.7 Å². The molecule has 0 aliphatic rings. The van der Waals surface area contributed by atoms with Crippen LogP contribution < -0.4 is 9.47 Å². The summed E-state index contributed by atoms with van der Waals surface area (Å²) in [4.78, 5) is 27.1. The number of alkyl halides is 1. The van der Waals surface area contributed by atoms with Crippen LogP contribution in [-0.2, 0) is 4.74 Å². The molecule has 0 aliphatic heterocycles. The number of carbonyl (C=O) groups excluding carboxylic acids is 2. The third-order valence-corrected chi connectivity index (χ3v) is 2.65. The molecule has 1 rings (SSSR count). The van der Waals surface area contributed by atoms with Crippen LogP contribution in [0.3, 0.4) is 0 Å². The number of methoxy groups -OCH3 is 3. The van der Waals surface area contributed by atoms with E-state index in [9.17, 15) is 9.59 Å². The van der Waals surface area contributed by atoms with Gasteiger partial charge < -0.3 is 14.2 Å². The van der Waals surface area contributed by atoms with Gasteiger partial charge in [-0.3, -0.25) is 4.79 Å². The van der Waals surface area contributed by atoms with Crippen LogP contribution in [0.25, 0.3) is 0 Å². The summed E-state index contributed by atoms with van der Waals surface area (Å²) in [7, 11) is 4.02. The van der Waals surface area contributed by atoms with E-state index < -0.39 is 5.97 Å². The fraction of sp³-hybridized carbons (Fsp3) is 0.364. The lowest BCUT2D eigenvalue weighted by Crippen LogP contribution is -2.13. The van der Waals surface area contributed by atoms with Gasteiger partial charge in [0.25, 0.3) is 0 Å². The molecule has 0 spiro atoms. The maximum Gasteiger partial charge on any atom is 0.356 e. The quantitative estimate of drug-likeness (QED) is 0.465. The summed E-state index contributed by atoms with van der Waals surface area (Å²) in [6.45, 7) is 0. The second-order valence-corrected chi connectivity index (χ2v) is 3.70. The minimum atomic E-state index is -0.653. The number of hydrogen-bond acceptors (Lipinski definition) is 6. The van der Waals surface area contributed by atoms with E-state index in [0.29, 0.717) is 0 Å². The van der Waals surface area contributed by atoms with Gasteiger partial charge in [0.2, 0.25) is 0 Å². The summed E-state index contributed by atoms with van der Waals surface area (Å²) in [6, 6.07) is 1.36. The molecule has 0 radical (unpaired) electrons. The molecule has 0 atom stereocenters. The molecule has 0 fully saturated rings. The lowest BCUT2D eigenvalue weighted by Gasteiger charge is -2.12. The van der Waals surface area contributed by atoms with Crippen LogP contribution in [0.15, 0.2) is 6.07 Å². The first-order valence-electron chi connectivity index (χ1n) is 4.89. The number of halogens is 1. The van der Waals surface area contributed by atoms with Crippen molar-refractivity contribution < 1.29 is 23.8 Å². The molecule has 0 saturated carbocycles. The van der Waals surface area contributed by atoms with Gasteiger partial charge in [-0.25, -0.2) is 9.78 Å². The Hall–Kier alpha value is -1.63. The number of pyridine rings is 1. The number of ketones is 1. The first-order valence-corrected chi connectivity index (χ1v) is 6.01. The molecule has 1 heterocycles. The molecular formula is C11H12BrNO5. The van der Waals surface area contributed by atoms with E-state index in [2.05, 4.69) is 25.7 Å². The molecule has 7 heteroatoms. The molecule has 0 saturated heterocycles. The number of hydrogen-bond donors (Lipinski definition) is 0. The van der Waals surface area contributed by atoms with Crippen molar-refractivity contribution >= 4 is 27.7 Å². The Kier molecular flexibility index (Phi) is 5.08. The predicted molar refractivity (Wildman–Crippen MR) is 66.8 cm³/mol. The number of rotatable bonds is 5. The van der Waals surface area contributed by atoms with E-state index in [1.165, 1.54) is 27.4 Å². The molecule has 0 amide bonds. The smallest absolute Gasteiger partial charge is 0.356 e. The molecule has 98 valence electrons. The monoisotopic (exact) mass is 317 g/mol. The van der Waals surface area contributed by atoms with Crippen LogP contribution in [0.4, 0.5) is 0 Å². The maximum atomic E-state index is 11.7. The van der Waals surface area contributed by atoms with Crippen LogP contribution in [0.5, 0.6) is 11.5 Å². The van der Waals surface area contributed by atoms with E-state index in [0.717, 1.165) is 0 Å². The first-order chi connectivity index (χ1) is 8.58. The Morgan fingerprint density at radius 3 is 2.39 bits per heavy atom. The summed E-state index contributed by atoms with van der Waals surface area (Å²) in [5, 5.41) is 0.0597. The Bertz CT molecular complexity index is 475. The highest BCUT2D eigenvalue weighted by Crippen LogP contribution is 2.31. The van der Waals surface area contributed by atoms with Crippen molar-refractivity contribution in [3.8, 4) is 11.5 Å². The highest BCUT2D eigenvalue weighted by Gasteiger charge is 2.22. The molecule has 1 aromatic heterocycles.